The lowest BCUT2D eigenvalue weighted by Gasteiger charge is -2.17. The van der Waals surface area contributed by atoms with Gasteiger partial charge >= 0.3 is 0 Å². The van der Waals surface area contributed by atoms with Gasteiger partial charge in [0.15, 0.2) is 11.5 Å². The highest BCUT2D eigenvalue weighted by Gasteiger charge is 2.18. The molecule has 0 fully saturated rings. The van der Waals surface area contributed by atoms with Crippen molar-refractivity contribution in [2.45, 2.75) is 33.6 Å². The van der Waals surface area contributed by atoms with E-state index in [1.807, 2.05) is 44.2 Å². The Balaban J connectivity index is 1.47. The molecule has 4 aromatic carbocycles. The van der Waals surface area contributed by atoms with Gasteiger partial charge in [-0.25, -0.2) is 0 Å². The smallest absolute Gasteiger partial charge is 0.229 e. The minimum absolute atomic E-state index is 0.000513. The third-order valence-electron chi connectivity index (χ3n) is 7.92. The first-order chi connectivity index (χ1) is 20.7. The molecule has 220 valence electrons. The second-order valence-electron chi connectivity index (χ2n) is 10.5. The summed E-state index contributed by atoms with van der Waals surface area (Å²) < 4.78 is 23.0. The molecule has 0 spiro atoms. The summed E-state index contributed by atoms with van der Waals surface area (Å²) in [5, 5.41) is 3.96. The van der Waals surface area contributed by atoms with Gasteiger partial charge in [-0.15, -0.1) is 0 Å². The number of nitrogens with one attached hydrogen (secondary N) is 1. The topological polar surface area (TPSA) is 87.0 Å². The molecule has 1 N–H and O–H groups in total. The van der Waals surface area contributed by atoms with Crippen molar-refractivity contribution in [2.75, 3.05) is 26.6 Å². The van der Waals surface area contributed by atoms with Gasteiger partial charge in [0.1, 0.15) is 16.9 Å². The minimum Gasteiger partial charge on any atom is -0.495 e. The van der Waals surface area contributed by atoms with Gasteiger partial charge in [0.2, 0.25) is 11.3 Å². The van der Waals surface area contributed by atoms with Gasteiger partial charge in [-0.2, -0.15) is 0 Å². The standard InChI is InChI=1S/C36H35NO6/c1-8-23-16-26(18-31(41-6)36(23)42-7)22(4)24-13-15-30(40-5)29(17-24)37-32(38)19-25-10-9-11-27-33(39)28-14-12-20(2)21(3)34(28)43-35(25)27/h9-18H,4,8,19H2,1-3,5-7H3,(H,37,38). The van der Waals surface area contributed by atoms with Gasteiger partial charge in [-0.1, -0.05) is 37.8 Å². The van der Waals surface area contributed by atoms with Gasteiger partial charge in [-0.05, 0) is 90.1 Å². The van der Waals surface area contributed by atoms with Crippen molar-refractivity contribution >= 4 is 39.1 Å². The van der Waals surface area contributed by atoms with Crippen LogP contribution in [-0.4, -0.2) is 27.2 Å². The molecule has 0 saturated carbocycles. The Morgan fingerprint density at radius 3 is 2.28 bits per heavy atom. The fourth-order valence-electron chi connectivity index (χ4n) is 5.38. The number of hydrogen-bond acceptors (Lipinski definition) is 6. The number of hydrogen-bond donors (Lipinski definition) is 1. The zero-order valence-electron chi connectivity index (χ0n) is 25.3. The summed E-state index contributed by atoms with van der Waals surface area (Å²) in [6, 6.07) is 18.5. The maximum Gasteiger partial charge on any atom is 0.229 e. The molecule has 0 saturated heterocycles. The Morgan fingerprint density at radius 1 is 0.837 bits per heavy atom. The van der Waals surface area contributed by atoms with Crippen LogP contribution in [0.2, 0.25) is 0 Å². The molecule has 5 rings (SSSR count). The van der Waals surface area contributed by atoms with E-state index >= 15 is 0 Å². The fourth-order valence-corrected chi connectivity index (χ4v) is 5.38. The predicted octanol–water partition coefficient (Wildman–Crippen LogP) is 7.39. The van der Waals surface area contributed by atoms with E-state index in [1.54, 1.807) is 51.7 Å². The Morgan fingerprint density at radius 2 is 1.58 bits per heavy atom. The first kappa shape index (κ1) is 29.5. The highest BCUT2D eigenvalue weighted by molar-refractivity contribution is 5.98. The van der Waals surface area contributed by atoms with E-state index in [4.69, 9.17) is 18.6 Å². The molecular weight excluding hydrogens is 542 g/mol. The maximum atomic E-state index is 13.4. The number of carbonyl (C=O) groups excluding carboxylic acids is 1. The van der Waals surface area contributed by atoms with Crippen molar-refractivity contribution < 1.29 is 23.4 Å². The normalized spacial score (nSPS) is 11.0. The summed E-state index contributed by atoms with van der Waals surface area (Å²) in [7, 11) is 4.78. The highest BCUT2D eigenvalue weighted by atomic mass is 16.5. The van der Waals surface area contributed by atoms with E-state index in [-0.39, 0.29) is 17.8 Å². The van der Waals surface area contributed by atoms with Crippen molar-refractivity contribution in [3.05, 3.63) is 111 Å². The molecule has 7 heteroatoms. The van der Waals surface area contributed by atoms with Crippen LogP contribution in [0, 0.1) is 13.8 Å². The lowest BCUT2D eigenvalue weighted by molar-refractivity contribution is -0.115. The van der Waals surface area contributed by atoms with Crippen LogP contribution in [0.3, 0.4) is 0 Å². The molecule has 1 amide bonds. The molecule has 0 bridgehead atoms. The summed E-state index contributed by atoms with van der Waals surface area (Å²) >= 11 is 0. The molecular formula is C36H35NO6. The third-order valence-corrected chi connectivity index (χ3v) is 7.92. The van der Waals surface area contributed by atoms with E-state index in [0.717, 1.165) is 39.8 Å². The number of methoxy groups -OCH3 is 3. The Hall–Kier alpha value is -5.04. The van der Waals surface area contributed by atoms with Gasteiger partial charge in [0.25, 0.3) is 0 Å². The maximum absolute atomic E-state index is 13.4. The van der Waals surface area contributed by atoms with Crippen molar-refractivity contribution in [2.24, 2.45) is 0 Å². The minimum atomic E-state index is -0.281. The third kappa shape index (κ3) is 5.46. The number of amides is 1. The van der Waals surface area contributed by atoms with Crippen LogP contribution in [0.1, 0.15) is 40.3 Å². The van der Waals surface area contributed by atoms with Crippen molar-refractivity contribution in [1.82, 2.24) is 0 Å². The van der Waals surface area contributed by atoms with E-state index in [9.17, 15) is 9.59 Å². The monoisotopic (exact) mass is 577 g/mol. The van der Waals surface area contributed by atoms with Crippen molar-refractivity contribution in [3.8, 4) is 17.2 Å². The number of aryl methyl sites for hydroxylation is 3. The predicted molar refractivity (Wildman–Crippen MR) is 172 cm³/mol. The molecule has 1 heterocycles. The number of rotatable bonds is 9. The molecule has 0 atom stereocenters. The summed E-state index contributed by atoms with van der Waals surface area (Å²) in [6.45, 7) is 10.3. The Bertz CT molecular complexity index is 1930. The molecule has 0 aliphatic carbocycles. The van der Waals surface area contributed by atoms with Gasteiger partial charge in [0, 0.05) is 5.56 Å². The first-order valence-corrected chi connectivity index (χ1v) is 14.1. The second-order valence-corrected chi connectivity index (χ2v) is 10.5. The molecule has 1 aromatic heterocycles. The van der Waals surface area contributed by atoms with E-state index in [0.29, 0.717) is 50.4 Å². The second kappa shape index (κ2) is 12.1. The summed E-state index contributed by atoms with van der Waals surface area (Å²) in [5.74, 6) is 1.55. The summed E-state index contributed by atoms with van der Waals surface area (Å²) in [4.78, 5) is 26.7. The van der Waals surface area contributed by atoms with Gasteiger partial charge in [0.05, 0.1) is 44.2 Å². The molecule has 7 nitrogen and oxygen atoms in total. The van der Waals surface area contributed by atoms with Crippen LogP contribution in [0.25, 0.3) is 27.5 Å². The number of fused-ring (bicyclic) bond motifs is 2. The van der Waals surface area contributed by atoms with Crippen molar-refractivity contribution in [3.63, 3.8) is 0 Å². The van der Waals surface area contributed by atoms with Gasteiger partial charge < -0.3 is 23.9 Å². The van der Waals surface area contributed by atoms with E-state index in [1.165, 1.54) is 0 Å². The average Bonchev–Trinajstić information content (AvgIpc) is 3.02. The zero-order valence-corrected chi connectivity index (χ0v) is 25.3. The Labute approximate surface area is 250 Å². The molecule has 0 aliphatic heterocycles. The quantitative estimate of drug-likeness (QED) is 0.184. The first-order valence-electron chi connectivity index (χ1n) is 14.1. The number of benzene rings is 4. The average molecular weight is 578 g/mol. The SMILES string of the molecule is C=C(c1ccc(OC)c(NC(=O)Cc2cccc3c(=O)c4ccc(C)c(C)c4oc23)c1)c1cc(CC)c(OC)c(OC)c1. The number of carbonyl (C=O) groups is 1. The largest absolute Gasteiger partial charge is 0.495 e. The van der Waals surface area contributed by atoms with Crippen LogP contribution in [-0.2, 0) is 17.6 Å². The Kier molecular flexibility index (Phi) is 8.26. The summed E-state index contributed by atoms with van der Waals surface area (Å²) in [6.07, 6.45) is 0.758. The van der Waals surface area contributed by atoms with Gasteiger partial charge in [-0.3, -0.25) is 9.59 Å². The molecule has 5 aromatic rings. The molecule has 43 heavy (non-hydrogen) atoms. The van der Waals surface area contributed by atoms with Crippen LogP contribution < -0.4 is 25.0 Å². The lowest BCUT2D eigenvalue weighted by atomic mass is 9.95. The lowest BCUT2D eigenvalue weighted by Crippen LogP contribution is -2.16. The zero-order chi connectivity index (χ0) is 30.8. The molecule has 0 unspecified atom stereocenters. The van der Waals surface area contributed by atoms with Crippen molar-refractivity contribution in [1.29, 1.82) is 0 Å². The van der Waals surface area contributed by atoms with E-state index < -0.39 is 0 Å². The summed E-state index contributed by atoms with van der Waals surface area (Å²) in [5.41, 5.74) is 7.32. The fraction of sp³-hybridized carbons (Fsp3) is 0.222. The van der Waals surface area contributed by atoms with Crippen LogP contribution in [0.15, 0.2) is 76.5 Å². The number of ether oxygens (including phenoxy) is 3. The van der Waals surface area contributed by atoms with E-state index in [2.05, 4.69) is 18.8 Å². The molecule has 0 aliphatic rings. The molecule has 0 radical (unpaired) electrons. The number of anilines is 1. The van der Waals surface area contributed by atoms with Crippen LogP contribution >= 0.6 is 0 Å². The van der Waals surface area contributed by atoms with Crippen LogP contribution in [0.4, 0.5) is 5.69 Å². The number of para-hydroxylation sites is 1. The highest BCUT2D eigenvalue weighted by Crippen LogP contribution is 2.38. The van der Waals surface area contributed by atoms with Crippen LogP contribution in [0.5, 0.6) is 17.2 Å².